The van der Waals surface area contributed by atoms with Crippen molar-refractivity contribution in [3.05, 3.63) is 0 Å². The minimum atomic E-state index is -1.30. The standard InChI is InChI=1S/C7H15NO4/c8-3-1-4(9)6(11)7(12)5(10)2-3/h3-7,9-12H,1-2,8H2/t3?,4?,5?,6-,7-/m1/s1. The molecule has 0 heterocycles. The number of nitrogens with two attached hydrogens (primary N) is 1. The van der Waals surface area contributed by atoms with Crippen molar-refractivity contribution in [3.8, 4) is 0 Å². The molecular formula is C7H15NO4. The van der Waals surface area contributed by atoms with Gasteiger partial charge in [-0.2, -0.15) is 0 Å². The van der Waals surface area contributed by atoms with Crippen molar-refractivity contribution in [2.24, 2.45) is 5.73 Å². The van der Waals surface area contributed by atoms with E-state index in [0.717, 1.165) is 0 Å². The van der Waals surface area contributed by atoms with Crippen LogP contribution in [0.2, 0.25) is 0 Å². The molecule has 72 valence electrons. The molecule has 5 nitrogen and oxygen atoms in total. The average Bonchev–Trinajstić information content (AvgIpc) is 2.05. The number of aliphatic hydroxyl groups is 4. The van der Waals surface area contributed by atoms with Gasteiger partial charge < -0.3 is 26.2 Å². The lowest BCUT2D eigenvalue weighted by molar-refractivity contribution is -0.0947. The van der Waals surface area contributed by atoms with Crippen LogP contribution >= 0.6 is 0 Å². The second-order valence-corrected chi connectivity index (χ2v) is 3.35. The summed E-state index contributed by atoms with van der Waals surface area (Å²) in [6.07, 6.45) is -4.29. The van der Waals surface area contributed by atoms with Crippen molar-refractivity contribution in [3.63, 3.8) is 0 Å². The first-order valence-corrected chi connectivity index (χ1v) is 4.00. The maximum Gasteiger partial charge on any atom is 0.108 e. The van der Waals surface area contributed by atoms with E-state index in [0.29, 0.717) is 0 Å². The zero-order chi connectivity index (χ0) is 9.30. The van der Waals surface area contributed by atoms with Crippen LogP contribution in [0.4, 0.5) is 0 Å². The smallest absolute Gasteiger partial charge is 0.108 e. The average molecular weight is 177 g/mol. The Balaban J connectivity index is 2.66. The minimum Gasteiger partial charge on any atom is -0.390 e. The molecule has 0 aromatic rings. The summed E-state index contributed by atoms with van der Waals surface area (Å²) in [7, 11) is 0. The first-order chi connectivity index (χ1) is 5.52. The van der Waals surface area contributed by atoms with Gasteiger partial charge in [-0.3, -0.25) is 0 Å². The number of hydrogen-bond acceptors (Lipinski definition) is 5. The first kappa shape index (κ1) is 9.88. The lowest BCUT2D eigenvalue weighted by Gasteiger charge is -2.21. The Bertz CT molecular complexity index is 138. The topological polar surface area (TPSA) is 107 Å². The van der Waals surface area contributed by atoms with E-state index in [1.165, 1.54) is 0 Å². The van der Waals surface area contributed by atoms with Crippen LogP contribution in [-0.4, -0.2) is 50.9 Å². The Morgan fingerprint density at radius 1 is 0.833 bits per heavy atom. The lowest BCUT2D eigenvalue weighted by atomic mass is 10.1. The van der Waals surface area contributed by atoms with E-state index in [1.54, 1.807) is 0 Å². The molecule has 0 spiro atoms. The lowest BCUT2D eigenvalue weighted by Crippen LogP contribution is -2.41. The van der Waals surface area contributed by atoms with E-state index in [1.807, 2.05) is 0 Å². The SMILES string of the molecule is NC1CC(O)[C@@H](O)[C@H](O)C(O)C1. The molecular weight excluding hydrogens is 162 g/mol. The van der Waals surface area contributed by atoms with Crippen molar-refractivity contribution >= 4 is 0 Å². The van der Waals surface area contributed by atoms with Crippen LogP contribution in [0.15, 0.2) is 0 Å². The summed E-state index contributed by atoms with van der Waals surface area (Å²) >= 11 is 0. The fourth-order valence-corrected chi connectivity index (χ4v) is 1.45. The van der Waals surface area contributed by atoms with Crippen molar-refractivity contribution < 1.29 is 20.4 Å². The summed E-state index contributed by atoms with van der Waals surface area (Å²) in [5.74, 6) is 0. The molecule has 0 aromatic carbocycles. The van der Waals surface area contributed by atoms with Gasteiger partial charge in [-0.1, -0.05) is 0 Å². The molecule has 0 amide bonds. The molecule has 1 aliphatic rings. The van der Waals surface area contributed by atoms with E-state index in [-0.39, 0.29) is 18.9 Å². The van der Waals surface area contributed by atoms with Crippen molar-refractivity contribution in [1.82, 2.24) is 0 Å². The molecule has 1 saturated carbocycles. The Hall–Kier alpha value is -0.200. The maximum atomic E-state index is 9.22. The molecule has 1 fully saturated rings. The van der Waals surface area contributed by atoms with Crippen molar-refractivity contribution in [2.75, 3.05) is 0 Å². The number of aliphatic hydroxyl groups excluding tert-OH is 4. The molecule has 1 rings (SSSR count). The van der Waals surface area contributed by atoms with E-state index < -0.39 is 24.4 Å². The van der Waals surface area contributed by atoms with Gasteiger partial charge in [0.2, 0.25) is 0 Å². The highest BCUT2D eigenvalue weighted by Gasteiger charge is 2.35. The van der Waals surface area contributed by atoms with Gasteiger partial charge >= 0.3 is 0 Å². The van der Waals surface area contributed by atoms with E-state index >= 15 is 0 Å². The Labute approximate surface area is 70.4 Å². The van der Waals surface area contributed by atoms with E-state index in [4.69, 9.17) is 5.73 Å². The molecule has 0 aliphatic heterocycles. The largest absolute Gasteiger partial charge is 0.390 e. The third-order valence-electron chi connectivity index (χ3n) is 2.23. The normalized spacial score (nSPS) is 50.2. The van der Waals surface area contributed by atoms with Crippen LogP contribution < -0.4 is 5.73 Å². The summed E-state index contributed by atoms with van der Waals surface area (Å²) in [4.78, 5) is 0. The highest BCUT2D eigenvalue weighted by Crippen LogP contribution is 2.18. The second-order valence-electron chi connectivity index (χ2n) is 3.35. The molecule has 0 bridgehead atoms. The monoisotopic (exact) mass is 177 g/mol. The fourth-order valence-electron chi connectivity index (χ4n) is 1.45. The summed E-state index contributed by atoms with van der Waals surface area (Å²) < 4.78 is 0. The number of hydrogen-bond donors (Lipinski definition) is 5. The van der Waals surface area contributed by atoms with Crippen molar-refractivity contribution in [2.45, 2.75) is 43.3 Å². The highest BCUT2D eigenvalue weighted by molar-refractivity contribution is 4.89. The van der Waals surface area contributed by atoms with Crippen LogP contribution in [0.1, 0.15) is 12.8 Å². The molecule has 12 heavy (non-hydrogen) atoms. The summed E-state index contributed by atoms with van der Waals surface area (Å²) in [5.41, 5.74) is 5.50. The van der Waals surface area contributed by atoms with Gasteiger partial charge in [0.15, 0.2) is 0 Å². The predicted molar refractivity (Wildman–Crippen MR) is 41.2 cm³/mol. The molecule has 6 N–H and O–H groups in total. The van der Waals surface area contributed by atoms with Gasteiger partial charge in [-0.05, 0) is 12.8 Å². The molecule has 1 aliphatic carbocycles. The van der Waals surface area contributed by atoms with Crippen LogP contribution in [-0.2, 0) is 0 Å². The Morgan fingerprint density at radius 2 is 1.17 bits per heavy atom. The van der Waals surface area contributed by atoms with E-state index in [9.17, 15) is 20.4 Å². The predicted octanol–water partition coefficient (Wildman–Crippen LogP) is -2.45. The van der Waals surface area contributed by atoms with Gasteiger partial charge in [0.1, 0.15) is 12.2 Å². The molecule has 0 aromatic heterocycles. The maximum absolute atomic E-state index is 9.22. The summed E-state index contributed by atoms with van der Waals surface area (Å²) in [5, 5.41) is 36.8. The summed E-state index contributed by atoms with van der Waals surface area (Å²) in [6, 6.07) is -0.373. The minimum absolute atomic E-state index is 0.204. The van der Waals surface area contributed by atoms with Gasteiger partial charge in [-0.25, -0.2) is 0 Å². The fraction of sp³-hybridized carbons (Fsp3) is 1.00. The van der Waals surface area contributed by atoms with Crippen molar-refractivity contribution in [1.29, 1.82) is 0 Å². The van der Waals surface area contributed by atoms with Gasteiger partial charge in [0.05, 0.1) is 12.2 Å². The second kappa shape index (κ2) is 3.68. The highest BCUT2D eigenvalue weighted by atomic mass is 16.4. The zero-order valence-corrected chi connectivity index (χ0v) is 6.67. The zero-order valence-electron chi connectivity index (χ0n) is 6.67. The molecule has 4 atom stereocenters. The summed E-state index contributed by atoms with van der Waals surface area (Å²) in [6.45, 7) is 0. The van der Waals surface area contributed by atoms with Gasteiger partial charge in [0.25, 0.3) is 0 Å². The van der Waals surface area contributed by atoms with Gasteiger partial charge in [-0.15, -0.1) is 0 Å². The van der Waals surface area contributed by atoms with Crippen LogP contribution in [0.5, 0.6) is 0 Å². The van der Waals surface area contributed by atoms with Crippen LogP contribution in [0, 0.1) is 0 Å². The molecule has 0 radical (unpaired) electrons. The van der Waals surface area contributed by atoms with Crippen LogP contribution in [0.25, 0.3) is 0 Å². The molecule has 0 saturated heterocycles. The Kier molecular flexibility index (Phi) is 3.03. The third kappa shape index (κ3) is 1.94. The quantitative estimate of drug-likeness (QED) is 0.264. The number of rotatable bonds is 0. The Morgan fingerprint density at radius 3 is 1.50 bits per heavy atom. The molecule has 2 unspecified atom stereocenters. The first-order valence-electron chi connectivity index (χ1n) is 4.00. The third-order valence-corrected chi connectivity index (χ3v) is 2.23. The van der Waals surface area contributed by atoms with E-state index in [2.05, 4.69) is 0 Å². The van der Waals surface area contributed by atoms with Crippen LogP contribution in [0.3, 0.4) is 0 Å². The molecule has 5 heteroatoms. The van der Waals surface area contributed by atoms with Gasteiger partial charge in [0, 0.05) is 6.04 Å².